The van der Waals surface area contributed by atoms with Crippen LogP contribution in [0.1, 0.15) is 37.8 Å². The molecular formula is C15H21F3N2. The van der Waals surface area contributed by atoms with Crippen LogP contribution >= 0.6 is 0 Å². The van der Waals surface area contributed by atoms with E-state index >= 15 is 0 Å². The zero-order valence-corrected chi connectivity index (χ0v) is 11.9. The van der Waals surface area contributed by atoms with Crippen molar-refractivity contribution in [2.75, 3.05) is 11.4 Å². The summed E-state index contributed by atoms with van der Waals surface area (Å²) in [6.07, 6.45) is -2.21. The summed E-state index contributed by atoms with van der Waals surface area (Å²) < 4.78 is 39.2. The van der Waals surface area contributed by atoms with Crippen molar-refractivity contribution in [3.05, 3.63) is 29.3 Å². The van der Waals surface area contributed by atoms with Gasteiger partial charge in [0.1, 0.15) is 0 Å². The second-order valence-corrected chi connectivity index (χ2v) is 5.73. The van der Waals surface area contributed by atoms with E-state index < -0.39 is 11.7 Å². The van der Waals surface area contributed by atoms with Gasteiger partial charge < -0.3 is 10.6 Å². The minimum Gasteiger partial charge on any atom is -0.369 e. The minimum absolute atomic E-state index is 0.0962. The summed E-state index contributed by atoms with van der Waals surface area (Å²) in [5.41, 5.74) is 5.60. The Morgan fingerprint density at radius 2 is 1.95 bits per heavy atom. The Hall–Kier alpha value is -1.23. The average molecular weight is 286 g/mol. The Kier molecular flexibility index (Phi) is 4.28. The maximum Gasteiger partial charge on any atom is 0.416 e. The molecule has 2 atom stereocenters. The van der Waals surface area contributed by atoms with E-state index in [4.69, 9.17) is 5.73 Å². The standard InChI is InChI=1S/C15H21F3N2/c1-10-3-4-11(2)20(9-10)13-6-5-12(8-19)14(7-13)15(16,17)18/h5-7,10-11H,3-4,8-9,19H2,1-2H3. The summed E-state index contributed by atoms with van der Waals surface area (Å²) in [5, 5.41) is 0. The summed E-state index contributed by atoms with van der Waals surface area (Å²) in [4.78, 5) is 2.07. The highest BCUT2D eigenvalue weighted by atomic mass is 19.4. The van der Waals surface area contributed by atoms with Gasteiger partial charge in [-0.25, -0.2) is 0 Å². The molecule has 2 nitrogen and oxygen atoms in total. The van der Waals surface area contributed by atoms with E-state index in [1.165, 1.54) is 12.1 Å². The lowest BCUT2D eigenvalue weighted by Crippen LogP contribution is -2.41. The molecule has 1 aromatic carbocycles. The van der Waals surface area contributed by atoms with E-state index in [9.17, 15) is 13.2 Å². The number of anilines is 1. The Morgan fingerprint density at radius 1 is 1.25 bits per heavy atom. The van der Waals surface area contributed by atoms with E-state index in [-0.39, 0.29) is 18.2 Å². The smallest absolute Gasteiger partial charge is 0.369 e. The quantitative estimate of drug-likeness (QED) is 0.896. The maximum atomic E-state index is 13.1. The van der Waals surface area contributed by atoms with Crippen molar-refractivity contribution in [3.63, 3.8) is 0 Å². The van der Waals surface area contributed by atoms with Crippen LogP contribution in [0.2, 0.25) is 0 Å². The zero-order chi connectivity index (χ0) is 14.9. The van der Waals surface area contributed by atoms with Crippen LogP contribution in [-0.4, -0.2) is 12.6 Å². The fraction of sp³-hybridized carbons (Fsp3) is 0.600. The molecule has 0 radical (unpaired) electrons. The zero-order valence-electron chi connectivity index (χ0n) is 11.9. The molecule has 2 rings (SSSR count). The molecule has 20 heavy (non-hydrogen) atoms. The largest absolute Gasteiger partial charge is 0.416 e. The second-order valence-electron chi connectivity index (χ2n) is 5.73. The normalized spacial score (nSPS) is 24.0. The molecule has 1 aliphatic rings. The van der Waals surface area contributed by atoms with Crippen molar-refractivity contribution in [2.45, 2.75) is 45.5 Å². The summed E-state index contributed by atoms with van der Waals surface area (Å²) in [6, 6.07) is 4.78. The number of benzene rings is 1. The van der Waals surface area contributed by atoms with Gasteiger partial charge in [-0.1, -0.05) is 13.0 Å². The first-order valence-electron chi connectivity index (χ1n) is 6.99. The van der Waals surface area contributed by atoms with E-state index in [0.29, 0.717) is 11.6 Å². The van der Waals surface area contributed by atoms with Crippen molar-refractivity contribution in [1.82, 2.24) is 0 Å². The minimum atomic E-state index is -4.35. The first-order valence-corrected chi connectivity index (χ1v) is 6.99. The van der Waals surface area contributed by atoms with E-state index in [2.05, 4.69) is 18.7 Å². The Balaban J connectivity index is 2.37. The van der Waals surface area contributed by atoms with E-state index in [0.717, 1.165) is 19.4 Å². The predicted molar refractivity (Wildman–Crippen MR) is 74.5 cm³/mol. The molecule has 1 heterocycles. The van der Waals surface area contributed by atoms with Crippen LogP contribution in [0.4, 0.5) is 18.9 Å². The molecule has 1 saturated heterocycles. The maximum absolute atomic E-state index is 13.1. The number of nitrogens with two attached hydrogens (primary N) is 1. The van der Waals surface area contributed by atoms with Gasteiger partial charge in [0.15, 0.2) is 0 Å². The third kappa shape index (κ3) is 3.08. The topological polar surface area (TPSA) is 29.3 Å². The van der Waals surface area contributed by atoms with Gasteiger partial charge in [0.2, 0.25) is 0 Å². The van der Waals surface area contributed by atoms with Gasteiger partial charge >= 0.3 is 6.18 Å². The van der Waals surface area contributed by atoms with Gasteiger partial charge in [0.25, 0.3) is 0 Å². The summed E-state index contributed by atoms with van der Waals surface area (Å²) in [7, 11) is 0. The number of nitrogens with zero attached hydrogens (tertiary/aromatic N) is 1. The molecular weight excluding hydrogens is 265 g/mol. The molecule has 0 aliphatic carbocycles. The highest BCUT2D eigenvalue weighted by Gasteiger charge is 2.34. The molecule has 1 fully saturated rings. The highest BCUT2D eigenvalue weighted by molar-refractivity contribution is 5.53. The van der Waals surface area contributed by atoms with Crippen molar-refractivity contribution in [2.24, 2.45) is 11.7 Å². The van der Waals surface area contributed by atoms with Gasteiger partial charge in [-0.3, -0.25) is 0 Å². The van der Waals surface area contributed by atoms with Crippen molar-refractivity contribution in [3.8, 4) is 0 Å². The van der Waals surface area contributed by atoms with Crippen LogP contribution in [0.25, 0.3) is 0 Å². The fourth-order valence-electron chi connectivity index (χ4n) is 2.83. The first-order chi connectivity index (χ1) is 9.32. The van der Waals surface area contributed by atoms with Gasteiger partial charge in [-0.15, -0.1) is 0 Å². The Labute approximate surface area is 117 Å². The van der Waals surface area contributed by atoms with Crippen molar-refractivity contribution >= 4 is 5.69 Å². The summed E-state index contributed by atoms with van der Waals surface area (Å²) >= 11 is 0. The number of alkyl halides is 3. The molecule has 0 amide bonds. The molecule has 1 aromatic rings. The van der Waals surface area contributed by atoms with Crippen LogP contribution < -0.4 is 10.6 Å². The highest BCUT2D eigenvalue weighted by Crippen LogP contribution is 2.36. The van der Waals surface area contributed by atoms with Gasteiger partial charge in [0, 0.05) is 24.8 Å². The van der Waals surface area contributed by atoms with Crippen LogP contribution in [0.15, 0.2) is 18.2 Å². The number of hydrogen-bond donors (Lipinski definition) is 1. The fourth-order valence-corrected chi connectivity index (χ4v) is 2.83. The van der Waals surface area contributed by atoms with Crippen LogP contribution in [0.3, 0.4) is 0 Å². The molecule has 112 valence electrons. The van der Waals surface area contributed by atoms with Gasteiger partial charge in [-0.05, 0) is 43.4 Å². The van der Waals surface area contributed by atoms with Crippen molar-refractivity contribution in [1.29, 1.82) is 0 Å². The first kappa shape index (κ1) is 15.2. The lowest BCUT2D eigenvalue weighted by molar-refractivity contribution is -0.138. The Morgan fingerprint density at radius 3 is 2.55 bits per heavy atom. The molecule has 0 saturated carbocycles. The number of hydrogen-bond acceptors (Lipinski definition) is 2. The number of piperidine rings is 1. The number of halogens is 3. The van der Waals surface area contributed by atoms with E-state index in [1.807, 2.05) is 0 Å². The van der Waals surface area contributed by atoms with Gasteiger partial charge in [0.05, 0.1) is 5.56 Å². The lowest BCUT2D eigenvalue weighted by Gasteiger charge is -2.39. The van der Waals surface area contributed by atoms with Crippen molar-refractivity contribution < 1.29 is 13.2 Å². The van der Waals surface area contributed by atoms with Gasteiger partial charge in [-0.2, -0.15) is 13.2 Å². The SMILES string of the molecule is CC1CCC(C)N(c2ccc(CN)c(C(F)(F)F)c2)C1. The summed E-state index contributed by atoms with van der Waals surface area (Å²) in [6.45, 7) is 4.91. The summed E-state index contributed by atoms with van der Waals surface area (Å²) in [5.74, 6) is 0.509. The van der Waals surface area contributed by atoms with Crippen LogP contribution in [0, 0.1) is 5.92 Å². The Bertz CT molecular complexity index is 471. The van der Waals surface area contributed by atoms with E-state index in [1.54, 1.807) is 6.07 Å². The predicted octanol–water partition coefficient (Wildman–Crippen LogP) is 3.79. The monoisotopic (exact) mass is 286 g/mol. The third-order valence-electron chi connectivity index (χ3n) is 4.07. The van der Waals surface area contributed by atoms with Crippen LogP contribution in [0.5, 0.6) is 0 Å². The number of rotatable bonds is 2. The molecule has 2 unspecified atom stereocenters. The molecule has 1 aliphatic heterocycles. The molecule has 0 aromatic heterocycles. The molecule has 0 bridgehead atoms. The third-order valence-corrected chi connectivity index (χ3v) is 4.07. The lowest BCUT2D eigenvalue weighted by atomic mass is 9.94. The molecule has 0 spiro atoms. The second kappa shape index (κ2) is 5.64. The average Bonchev–Trinajstić information content (AvgIpc) is 2.40. The van der Waals surface area contributed by atoms with Crippen LogP contribution in [-0.2, 0) is 12.7 Å². The molecule has 2 N–H and O–H groups in total. The molecule has 5 heteroatoms.